The van der Waals surface area contributed by atoms with Crippen LogP contribution >= 0.6 is 0 Å². The van der Waals surface area contributed by atoms with Gasteiger partial charge in [-0.2, -0.15) is 0 Å². The summed E-state index contributed by atoms with van der Waals surface area (Å²) in [4.78, 5) is 18.2. The largest absolute Gasteiger partial charge is 0.370 e. The molecule has 1 amide bonds. The first-order chi connectivity index (χ1) is 5.29. The zero-order chi connectivity index (χ0) is 8.10. The topological polar surface area (TPSA) is 68.9 Å². The Morgan fingerprint density at radius 1 is 1.45 bits per heavy atom. The van der Waals surface area contributed by atoms with E-state index in [-0.39, 0.29) is 5.91 Å². The molecule has 4 heteroatoms. The van der Waals surface area contributed by atoms with Gasteiger partial charge in [-0.15, -0.1) is 0 Å². The number of carbonyl (C=O) groups excluding carboxylic acids is 1. The second-order valence-corrected chi connectivity index (χ2v) is 2.13. The molecule has 2 N–H and O–H groups in total. The van der Waals surface area contributed by atoms with Gasteiger partial charge in [0.1, 0.15) is 5.82 Å². The lowest BCUT2D eigenvalue weighted by atomic mass is 10.3. The molecule has 0 fully saturated rings. The molecule has 11 heavy (non-hydrogen) atoms. The normalized spacial score (nSPS) is 9.45. The van der Waals surface area contributed by atoms with E-state index in [9.17, 15) is 4.79 Å². The molecule has 0 spiro atoms. The Kier molecular flexibility index (Phi) is 2.54. The van der Waals surface area contributed by atoms with Gasteiger partial charge in [0.2, 0.25) is 5.91 Å². The quantitative estimate of drug-likeness (QED) is 0.655. The van der Waals surface area contributed by atoms with Gasteiger partial charge in [-0.1, -0.05) is 0 Å². The smallest absolute Gasteiger partial charge is 0.217 e. The fraction of sp³-hybridized carbons (Fsp3) is 0.286. The van der Waals surface area contributed by atoms with Crippen molar-refractivity contribution in [1.82, 2.24) is 9.97 Å². The second-order valence-electron chi connectivity index (χ2n) is 2.13. The van der Waals surface area contributed by atoms with Gasteiger partial charge in [-0.25, -0.2) is 9.97 Å². The molecule has 0 atom stereocenters. The van der Waals surface area contributed by atoms with E-state index in [2.05, 4.69) is 9.97 Å². The number of aromatic nitrogens is 2. The minimum atomic E-state index is -0.322. The maximum Gasteiger partial charge on any atom is 0.217 e. The molecule has 0 saturated heterocycles. The average molecular weight is 151 g/mol. The van der Waals surface area contributed by atoms with Gasteiger partial charge in [-0.05, 0) is 6.07 Å². The summed E-state index contributed by atoms with van der Waals surface area (Å²) in [5.41, 5.74) is 4.95. The minimum absolute atomic E-state index is 0.310. The summed E-state index contributed by atoms with van der Waals surface area (Å²) in [5.74, 6) is 0.337. The predicted molar refractivity (Wildman–Crippen MR) is 39.5 cm³/mol. The third-order valence-electron chi connectivity index (χ3n) is 1.21. The molecule has 58 valence electrons. The van der Waals surface area contributed by atoms with Crippen LogP contribution in [0.25, 0.3) is 0 Å². The van der Waals surface area contributed by atoms with E-state index in [0.717, 1.165) is 0 Å². The van der Waals surface area contributed by atoms with Crippen LogP contribution in [0.2, 0.25) is 0 Å². The lowest BCUT2D eigenvalue weighted by Crippen LogP contribution is -2.12. The van der Waals surface area contributed by atoms with Crippen molar-refractivity contribution in [3.63, 3.8) is 0 Å². The van der Waals surface area contributed by atoms with Crippen LogP contribution in [0.3, 0.4) is 0 Å². The summed E-state index contributed by atoms with van der Waals surface area (Å²) in [6.07, 6.45) is 4.12. The number of rotatable bonds is 3. The lowest BCUT2D eigenvalue weighted by molar-refractivity contribution is -0.118. The Morgan fingerprint density at radius 3 is 2.64 bits per heavy atom. The van der Waals surface area contributed by atoms with Gasteiger partial charge in [0.05, 0.1) is 0 Å². The molecule has 1 aromatic rings. The van der Waals surface area contributed by atoms with Gasteiger partial charge >= 0.3 is 0 Å². The van der Waals surface area contributed by atoms with Crippen molar-refractivity contribution in [2.75, 3.05) is 0 Å². The van der Waals surface area contributed by atoms with Crippen molar-refractivity contribution >= 4 is 5.91 Å². The summed E-state index contributed by atoms with van der Waals surface area (Å²) in [6.45, 7) is 0. The van der Waals surface area contributed by atoms with Gasteiger partial charge in [0.15, 0.2) is 0 Å². The highest BCUT2D eigenvalue weighted by atomic mass is 16.1. The van der Waals surface area contributed by atoms with Crippen LogP contribution in [0.1, 0.15) is 12.2 Å². The van der Waals surface area contributed by atoms with Gasteiger partial charge in [-0.3, -0.25) is 4.79 Å². The molecule has 0 aromatic carbocycles. The molecule has 0 aliphatic heterocycles. The van der Waals surface area contributed by atoms with E-state index in [1.807, 2.05) is 0 Å². The highest BCUT2D eigenvalue weighted by Gasteiger charge is 1.97. The van der Waals surface area contributed by atoms with Crippen LogP contribution in [0.4, 0.5) is 0 Å². The number of hydrogen-bond donors (Lipinski definition) is 1. The maximum atomic E-state index is 10.3. The lowest BCUT2D eigenvalue weighted by Gasteiger charge is -1.94. The number of aryl methyl sites for hydroxylation is 1. The van der Waals surface area contributed by atoms with Gasteiger partial charge < -0.3 is 5.73 Å². The summed E-state index contributed by atoms with van der Waals surface area (Å²) >= 11 is 0. The Bertz CT molecular complexity index is 235. The molecule has 1 aromatic heterocycles. The van der Waals surface area contributed by atoms with Crippen molar-refractivity contribution in [2.45, 2.75) is 12.8 Å². The van der Waals surface area contributed by atoms with E-state index in [4.69, 9.17) is 5.73 Å². The molecule has 1 rings (SSSR count). The van der Waals surface area contributed by atoms with E-state index in [1.165, 1.54) is 0 Å². The van der Waals surface area contributed by atoms with Crippen molar-refractivity contribution in [2.24, 2.45) is 5.73 Å². The molecule has 0 bridgehead atoms. The zero-order valence-corrected chi connectivity index (χ0v) is 6.03. The van der Waals surface area contributed by atoms with Gasteiger partial charge in [0, 0.05) is 25.2 Å². The number of hydrogen-bond acceptors (Lipinski definition) is 3. The monoisotopic (exact) mass is 151 g/mol. The number of amides is 1. The zero-order valence-electron chi connectivity index (χ0n) is 6.03. The molecule has 1 heterocycles. The third kappa shape index (κ3) is 2.75. The fourth-order valence-electron chi connectivity index (χ4n) is 0.694. The second kappa shape index (κ2) is 3.65. The van der Waals surface area contributed by atoms with Crippen molar-refractivity contribution in [3.8, 4) is 0 Å². The number of nitrogens with zero attached hydrogens (tertiary/aromatic N) is 2. The predicted octanol–water partition coefficient (Wildman–Crippen LogP) is -0.106. The van der Waals surface area contributed by atoms with E-state index < -0.39 is 0 Å². The molecule has 0 aliphatic rings. The number of primary amides is 1. The average Bonchev–Trinajstić information content (AvgIpc) is 2.03. The fourth-order valence-corrected chi connectivity index (χ4v) is 0.694. The van der Waals surface area contributed by atoms with E-state index in [0.29, 0.717) is 18.7 Å². The first-order valence-corrected chi connectivity index (χ1v) is 3.33. The number of carbonyl (C=O) groups is 1. The van der Waals surface area contributed by atoms with Crippen molar-refractivity contribution < 1.29 is 4.79 Å². The Labute approximate surface area is 64.5 Å². The van der Waals surface area contributed by atoms with Crippen LogP contribution in [-0.4, -0.2) is 15.9 Å². The van der Waals surface area contributed by atoms with Crippen LogP contribution in [0.15, 0.2) is 18.5 Å². The van der Waals surface area contributed by atoms with Crippen LogP contribution in [0, 0.1) is 0 Å². The first kappa shape index (κ1) is 7.65. The minimum Gasteiger partial charge on any atom is -0.370 e. The molecule has 0 unspecified atom stereocenters. The highest BCUT2D eigenvalue weighted by molar-refractivity contribution is 5.73. The maximum absolute atomic E-state index is 10.3. The molecule has 0 radical (unpaired) electrons. The van der Waals surface area contributed by atoms with Gasteiger partial charge in [0.25, 0.3) is 0 Å². The standard InChI is InChI=1S/C7H9N3O/c8-6(11)2-3-7-9-4-1-5-10-7/h1,4-5H,2-3H2,(H2,8,11). The number of nitrogens with two attached hydrogens (primary N) is 1. The third-order valence-corrected chi connectivity index (χ3v) is 1.21. The van der Waals surface area contributed by atoms with Crippen LogP contribution in [0.5, 0.6) is 0 Å². The SMILES string of the molecule is NC(=O)CCc1ncccn1. The Hall–Kier alpha value is -1.45. The molecule has 0 aliphatic carbocycles. The Balaban J connectivity index is 2.45. The highest BCUT2D eigenvalue weighted by Crippen LogP contribution is 1.92. The summed E-state index contributed by atoms with van der Waals surface area (Å²) in [5, 5.41) is 0. The first-order valence-electron chi connectivity index (χ1n) is 3.33. The van der Waals surface area contributed by atoms with Crippen LogP contribution in [-0.2, 0) is 11.2 Å². The molecular weight excluding hydrogens is 142 g/mol. The molecule has 0 saturated carbocycles. The summed E-state index contributed by atoms with van der Waals surface area (Å²) in [7, 11) is 0. The summed E-state index contributed by atoms with van der Waals surface area (Å²) < 4.78 is 0. The van der Waals surface area contributed by atoms with Crippen LogP contribution < -0.4 is 5.73 Å². The Morgan fingerprint density at radius 2 is 2.09 bits per heavy atom. The van der Waals surface area contributed by atoms with Crippen molar-refractivity contribution in [3.05, 3.63) is 24.3 Å². The molecular formula is C7H9N3O. The summed E-state index contributed by atoms with van der Waals surface area (Å²) in [6, 6.07) is 1.73. The van der Waals surface area contributed by atoms with E-state index >= 15 is 0 Å². The van der Waals surface area contributed by atoms with E-state index in [1.54, 1.807) is 18.5 Å². The molecule has 4 nitrogen and oxygen atoms in total. The van der Waals surface area contributed by atoms with Crippen molar-refractivity contribution in [1.29, 1.82) is 0 Å².